The zero-order valence-corrected chi connectivity index (χ0v) is 12.3. The third-order valence-electron chi connectivity index (χ3n) is 2.96. The molecule has 0 radical (unpaired) electrons. The largest absolute Gasteiger partial charge is 0.494 e. The van der Waals surface area contributed by atoms with Crippen molar-refractivity contribution in [3.05, 3.63) is 68.0 Å². The highest BCUT2D eigenvalue weighted by atomic mass is 19.1. The van der Waals surface area contributed by atoms with Gasteiger partial charge in [0.15, 0.2) is 11.6 Å². The number of non-ortho nitro benzene ring substituents is 1. The molecule has 2 rings (SSSR count). The molecular weight excluding hydrogens is 323 g/mol. The van der Waals surface area contributed by atoms with Crippen LogP contribution in [-0.2, 0) is 0 Å². The zero-order chi connectivity index (χ0) is 17.7. The molecule has 0 unspecified atom stereocenters. The minimum absolute atomic E-state index is 0.0316. The van der Waals surface area contributed by atoms with Gasteiger partial charge in [-0.1, -0.05) is 0 Å². The lowest BCUT2D eigenvalue weighted by atomic mass is 10.2. The Hall–Kier alpha value is -3.56. The molecule has 0 amide bonds. The fraction of sp³-hybridized carbons (Fsp3) is 0.0714. The average molecular weight is 334 g/mol. The van der Waals surface area contributed by atoms with E-state index in [0.29, 0.717) is 5.56 Å². The van der Waals surface area contributed by atoms with E-state index >= 15 is 0 Å². The van der Waals surface area contributed by atoms with Gasteiger partial charge in [-0.05, 0) is 29.8 Å². The summed E-state index contributed by atoms with van der Waals surface area (Å²) in [5, 5.41) is 25.4. The van der Waals surface area contributed by atoms with Gasteiger partial charge in [-0.15, -0.1) is 0 Å². The number of anilines is 1. The number of hydrogen-bond donors (Lipinski definition) is 1. The van der Waals surface area contributed by atoms with E-state index in [1.165, 1.54) is 37.6 Å². The Kier molecular flexibility index (Phi) is 5.00. The molecule has 0 saturated heterocycles. The first-order valence-corrected chi connectivity index (χ1v) is 6.48. The maximum absolute atomic E-state index is 13.5. The highest BCUT2D eigenvalue weighted by Gasteiger charge is 2.19. The van der Waals surface area contributed by atoms with Gasteiger partial charge in [-0.2, -0.15) is 5.10 Å². The van der Waals surface area contributed by atoms with E-state index in [0.717, 1.165) is 12.1 Å². The van der Waals surface area contributed by atoms with Crippen molar-refractivity contribution < 1.29 is 19.0 Å². The minimum Gasteiger partial charge on any atom is -0.494 e. The molecule has 124 valence electrons. The Bertz CT molecular complexity index is 825. The molecule has 0 saturated carbocycles. The molecular formula is C14H11FN4O5. The van der Waals surface area contributed by atoms with Crippen molar-refractivity contribution >= 4 is 23.3 Å². The highest BCUT2D eigenvalue weighted by molar-refractivity contribution is 5.81. The summed E-state index contributed by atoms with van der Waals surface area (Å²) in [5.74, 6) is -0.506. The first-order chi connectivity index (χ1) is 11.4. The summed E-state index contributed by atoms with van der Waals surface area (Å²) >= 11 is 0. The SMILES string of the molecule is COc1ccc(/C=N\Nc2ccc([N+](=O)[O-])cc2[N+](=O)[O-])cc1F. The number of benzene rings is 2. The number of ether oxygens (including phenoxy) is 1. The maximum atomic E-state index is 13.5. The van der Waals surface area contributed by atoms with Crippen molar-refractivity contribution in [2.45, 2.75) is 0 Å². The lowest BCUT2D eigenvalue weighted by Gasteiger charge is -2.03. The van der Waals surface area contributed by atoms with Crippen LogP contribution in [0.2, 0.25) is 0 Å². The molecule has 0 spiro atoms. The lowest BCUT2D eigenvalue weighted by Crippen LogP contribution is -1.99. The van der Waals surface area contributed by atoms with E-state index in [1.54, 1.807) is 0 Å². The predicted octanol–water partition coefficient (Wildman–Crippen LogP) is 3.10. The Morgan fingerprint density at radius 1 is 1.17 bits per heavy atom. The van der Waals surface area contributed by atoms with Gasteiger partial charge in [0, 0.05) is 6.07 Å². The van der Waals surface area contributed by atoms with Crippen LogP contribution < -0.4 is 10.2 Å². The summed E-state index contributed by atoms with van der Waals surface area (Å²) < 4.78 is 18.3. The van der Waals surface area contributed by atoms with Crippen LogP contribution in [0.4, 0.5) is 21.5 Å². The van der Waals surface area contributed by atoms with Crippen molar-refractivity contribution in [3.63, 3.8) is 0 Å². The number of nitrogens with one attached hydrogen (secondary N) is 1. The molecule has 1 N–H and O–H groups in total. The smallest absolute Gasteiger partial charge is 0.301 e. The number of methoxy groups -OCH3 is 1. The van der Waals surface area contributed by atoms with Gasteiger partial charge in [-0.3, -0.25) is 25.7 Å². The molecule has 0 aliphatic heterocycles. The second-order valence-corrected chi connectivity index (χ2v) is 4.48. The highest BCUT2D eigenvalue weighted by Crippen LogP contribution is 2.28. The normalized spacial score (nSPS) is 10.6. The lowest BCUT2D eigenvalue weighted by molar-refractivity contribution is -0.393. The van der Waals surface area contributed by atoms with Gasteiger partial charge in [-0.25, -0.2) is 4.39 Å². The van der Waals surface area contributed by atoms with Crippen molar-refractivity contribution in [1.29, 1.82) is 0 Å². The van der Waals surface area contributed by atoms with Gasteiger partial charge in [0.1, 0.15) is 5.69 Å². The van der Waals surface area contributed by atoms with Crippen LogP contribution in [-0.4, -0.2) is 23.2 Å². The van der Waals surface area contributed by atoms with Crippen LogP contribution >= 0.6 is 0 Å². The molecule has 0 heterocycles. The summed E-state index contributed by atoms with van der Waals surface area (Å²) in [6.07, 6.45) is 1.24. The summed E-state index contributed by atoms with van der Waals surface area (Å²) in [6.45, 7) is 0. The molecule has 0 bridgehead atoms. The molecule has 0 aliphatic rings. The Labute approximate surface area is 134 Å². The van der Waals surface area contributed by atoms with Gasteiger partial charge < -0.3 is 4.74 Å². The molecule has 0 fully saturated rings. The van der Waals surface area contributed by atoms with E-state index in [-0.39, 0.29) is 11.4 Å². The monoisotopic (exact) mass is 334 g/mol. The quantitative estimate of drug-likeness (QED) is 0.492. The van der Waals surface area contributed by atoms with E-state index in [9.17, 15) is 24.6 Å². The van der Waals surface area contributed by atoms with Crippen LogP contribution in [0.3, 0.4) is 0 Å². The maximum Gasteiger partial charge on any atom is 0.301 e. The second-order valence-electron chi connectivity index (χ2n) is 4.48. The molecule has 2 aromatic rings. The number of hydrazone groups is 1. The third-order valence-corrected chi connectivity index (χ3v) is 2.96. The topological polar surface area (TPSA) is 120 Å². The van der Waals surface area contributed by atoms with Crippen molar-refractivity contribution in [2.75, 3.05) is 12.5 Å². The van der Waals surface area contributed by atoms with E-state index < -0.39 is 27.0 Å². The Balaban J connectivity index is 2.20. The summed E-state index contributed by atoms with van der Waals surface area (Å²) in [5.41, 5.74) is 1.86. The predicted molar refractivity (Wildman–Crippen MR) is 83.9 cm³/mol. The van der Waals surface area contributed by atoms with Crippen LogP contribution in [0.1, 0.15) is 5.56 Å². The van der Waals surface area contributed by atoms with Crippen LogP contribution in [0.5, 0.6) is 5.75 Å². The van der Waals surface area contributed by atoms with E-state index in [2.05, 4.69) is 10.5 Å². The molecule has 2 aromatic carbocycles. The first kappa shape index (κ1) is 16.8. The number of nitrogens with zero attached hydrogens (tertiary/aromatic N) is 3. The number of hydrogen-bond acceptors (Lipinski definition) is 7. The van der Waals surface area contributed by atoms with Crippen molar-refractivity contribution in [1.82, 2.24) is 0 Å². The minimum atomic E-state index is -0.766. The molecule has 0 aliphatic carbocycles. The number of nitro groups is 2. The fourth-order valence-corrected chi connectivity index (χ4v) is 1.82. The standard InChI is InChI=1S/C14H11FN4O5/c1-24-14-5-2-9(6-11(14)15)8-16-17-12-4-3-10(18(20)21)7-13(12)19(22)23/h2-8,17H,1H3/b16-8-. The van der Waals surface area contributed by atoms with Crippen LogP contribution in [0.25, 0.3) is 0 Å². The van der Waals surface area contributed by atoms with Crippen LogP contribution in [0.15, 0.2) is 41.5 Å². The Morgan fingerprint density at radius 2 is 1.92 bits per heavy atom. The Morgan fingerprint density at radius 3 is 2.50 bits per heavy atom. The molecule has 10 heteroatoms. The van der Waals surface area contributed by atoms with Gasteiger partial charge in [0.2, 0.25) is 0 Å². The van der Waals surface area contributed by atoms with Gasteiger partial charge in [0.25, 0.3) is 5.69 Å². The van der Waals surface area contributed by atoms with Gasteiger partial charge in [0.05, 0.1) is 29.2 Å². The van der Waals surface area contributed by atoms with Crippen molar-refractivity contribution in [2.24, 2.45) is 5.10 Å². The second kappa shape index (κ2) is 7.13. The molecule has 0 atom stereocenters. The molecule has 9 nitrogen and oxygen atoms in total. The van der Waals surface area contributed by atoms with Gasteiger partial charge >= 0.3 is 5.69 Å². The number of rotatable bonds is 6. The fourth-order valence-electron chi connectivity index (χ4n) is 1.82. The van der Waals surface area contributed by atoms with Crippen molar-refractivity contribution in [3.8, 4) is 5.75 Å². The zero-order valence-electron chi connectivity index (χ0n) is 12.3. The average Bonchev–Trinajstić information content (AvgIpc) is 2.55. The van der Waals surface area contributed by atoms with E-state index in [4.69, 9.17) is 4.74 Å². The number of halogens is 1. The third kappa shape index (κ3) is 3.80. The summed E-state index contributed by atoms with van der Waals surface area (Å²) in [4.78, 5) is 20.1. The molecule has 24 heavy (non-hydrogen) atoms. The van der Waals surface area contributed by atoms with E-state index in [1.807, 2.05) is 0 Å². The molecule has 0 aromatic heterocycles. The van der Waals surface area contributed by atoms with Crippen LogP contribution in [0, 0.1) is 26.0 Å². The number of nitro benzene ring substituents is 2. The first-order valence-electron chi connectivity index (χ1n) is 6.48. The summed E-state index contributed by atoms with van der Waals surface area (Å²) in [7, 11) is 1.33. The summed E-state index contributed by atoms with van der Waals surface area (Å²) in [6, 6.07) is 7.22.